The van der Waals surface area contributed by atoms with Gasteiger partial charge in [-0.05, 0) is 52.5 Å². The van der Waals surface area contributed by atoms with Gasteiger partial charge in [-0.1, -0.05) is 103 Å². The molecule has 4 aromatic carbocycles. The summed E-state index contributed by atoms with van der Waals surface area (Å²) in [6.45, 7) is 2.09. The number of carbonyl (C=O) groups excluding carboxylic acids is 2. The van der Waals surface area contributed by atoms with Gasteiger partial charge in [-0.2, -0.15) is 0 Å². The number of benzene rings is 4. The van der Waals surface area contributed by atoms with Gasteiger partial charge in [0.2, 0.25) is 0 Å². The van der Waals surface area contributed by atoms with E-state index in [1.54, 1.807) is 0 Å². The molecule has 0 atom stereocenters. The van der Waals surface area contributed by atoms with Crippen LogP contribution in [0.4, 0.5) is 5.69 Å². The van der Waals surface area contributed by atoms with Crippen LogP contribution < -0.4 is 4.90 Å². The van der Waals surface area contributed by atoms with Gasteiger partial charge in [-0.15, -0.1) is 0 Å². The third kappa shape index (κ3) is 4.12. The van der Waals surface area contributed by atoms with Crippen molar-refractivity contribution in [3.05, 3.63) is 149 Å². The number of nitrogens with zero attached hydrogens (tertiary/aromatic N) is 1. The number of hydrogen-bond acceptors (Lipinski definition) is 2. The van der Waals surface area contributed by atoms with Crippen molar-refractivity contribution in [2.24, 2.45) is 0 Å². The third-order valence-electron chi connectivity index (χ3n) is 5.94. The fourth-order valence-corrected chi connectivity index (χ4v) is 4.27. The monoisotopic (exact) mass is 441 g/mol. The lowest BCUT2D eigenvalue weighted by atomic mass is 9.85. The van der Waals surface area contributed by atoms with Crippen LogP contribution in [0.2, 0.25) is 0 Å². The SMILES string of the molecule is Cc1ccc(/C(=C(/c2ccccc2)c2ccc(N3C(=O)C=CC3=O)cc2)c2ccccc2)cc1. The number of rotatable bonds is 5. The van der Waals surface area contributed by atoms with Crippen LogP contribution in [0, 0.1) is 6.92 Å². The number of hydrogen-bond donors (Lipinski definition) is 0. The Kier molecular flexibility index (Phi) is 5.75. The normalized spacial score (nSPS) is 13.9. The van der Waals surface area contributed by atoms with Gasteiger partial charge in [0.15, 0.2) is 0 Å². The van der Waals surface area contributed by atoms with E-state index in [0.717, 1.165) is 33.4 Å². The Bertz CT molecular complexity index is 1380. The van der Waals surface area contributed by atoms with Crippen LogP contribution in [-0.4, -0.2) is 11.8 Å². The second-order valence-corrected chi connectivity index (χ2v) is 8.24. The van der Waals surface area contributed by atoms with Gasteiger partial charge in [-0.25, -0.2) is 4.90 Å². The van der Waals surface area contributed by atoms with Crippen LogP contribution in [0.1, 0.15) is 27.8 Å². The molecule has 2 amide bonds. The highest BCUT2D eigenvalue weighted by Crippen LogP contribution is 2.37. The molecule has 0 spiro atoms. The second-order valence-electron chi connectivity index (χ2n) is 8.24. The Labute approximate surface area is 199 Å². The molecule has 0 N–H and O–H groups in total. The Morgan fingerprint density at radius 3 is 1.32 bits per heavy atom. The molecule has 1 aliphatic rings. The van der Waals surface area contributed by atoms with Crippen molar-refractivity contribution in [3.63, 3.8) is 0 Å². The fraction of sp³-hybridized carbons (Fsp3) is 0.0323. The lowest BCUT2D eigenvalue weighted by Crippen LogP contribution is -2.29. The maximum Gasteiger partial charge on any atom is 0.258 e. The highest BCUT2D eigenvalue weighted by Gasteiger charge is 2.25. The molecular formula is C31H23NO2. The predicted octanol–water partition coefficient (Wildman–Crippen LogP) is 6.43. The van der Waals surface area contributed by atoms with Crippen molar-refractivity contribution in [1.29, 1.82) is 0 Å². The first-order valence-electron chi connectivity index (χ1n) is 11.2. The number of carbonyl (C=O) groups is 2. The van der Waals surface area contributed by atoms with E-state index >= 15 is 0 Å². The molecule has 0 radical (unpaired) electrons. The average molecular weight is 442 g/mol. The standard InChI is InChI=1S/C31H23NO2/c1-22-12-14-25(15-13-22)30(23-8-4-2-5-9-23)31(24-10-6-3-7-11-24)26-16-18-27(19-17-26)32-28(33)20-21-29(32)34/h2-21H,1H3/b31-30-. The average Bonchev–Trinajstić information content (AvgIpc) is 3.22. The molecular weight excluding hydrogens is 418 g/mol. The Hall–Kier alpha value is -4.50. The molecule has 1 aliphatic heterocycles. The predicted molar refractivity (Wildman–Crippen MR) is 137 cm³/mol. The number of imide groups is 1. The Balaban J connectivity index is 1.74. The summed E-state index contributed by atoms with van der Waals surface area (Å²) in [5, 5.41) is 0. The van der Waals surface area contributed by atoms with Crippen LogP contribution in [0.15, 0.2) is 121 Å². The van der Waals surface area contributed by atoms with Crippen LogP contribution in [0.5, 0.6) is 0 Å². The van der Waals surface area contributed by atoms with Crippen molar-refractivity contribution >= 4 is 28.6 Å². The van der Waals surface area contributed by atoms with E-state index in [1.165, 1.54) is 22.6 Å². The van der Waals surface area contributed by atoms with Crippen molar-refractivity contribution in [2.45, 2.75) is 6.92 Å². The summed E-state index contributed by atoms with van der Waals surface area (Å²) in [5.74, 6) is -0.637. The van der Waals surface area contributed by atoms with E-state index in [1.807, 2.05) is 60.7 Å². The van der Waals surface area contributed by atoms with Crippen molar-refractivity contribution in [1.82, 2.24) is 0 Å². The summed E-state index contributed by atoms with van der Waals surface area (Å²) in [6.07, 6.45) is 2.60. The van der Waals surface area contributed by atoms with Gasteiger partial charge in [-0.3, -0.25) is 9.59 Å². The lowest BCUT2D eigenvalue weighted by molar-refractivity contribution is -0.119. The van der Waals surface area contributed by atoms with Gasteiger partial charge < -0.3 is 0 Å². The number of anilines is 1. The van der Waals surface area contributed by atoms with E-state index in [0.29, 0.717) is 5.69 Å². The van der Waals surface area contributed by atoms with E-state index in [4.69, 9.17) is 0 Å². The summed E-state index contributed by atoms with van der Waals surface area (Å²) >= 11 is 0. The highest BCUT2D eigenvalue weighted by atomic mass is 16.2. The van der Waals surface area contributed by atoms with Gasteiger partial charge >= 0.3 is 0 Å². The largest absolute Gasteiger partial charge is 0.269 e. The van der Waals surface area contributed by atoms with Gasteiger partial charge in [0.05, 0.1) is 5.69 Å². The lowest BCUT2D eigenvalue weighted by Gasteiger charge is -2.19. The van der Waals surface area contributed by atoms with E-state index < -0.39 is 0 Å². The first kappa shape index (κ1) is 21.4. The third-order valence-corrected chi connectivity index (χ3v) is 5.94. The molecule has 0 aliphatic carbocycles. The maximum atomic E-state index is 12.1. The summed E-state index contributed by atoms with van der Waals surface area (Å²) in [6, 6.07) is 36.9. The second kappa shape index (κ2) is 9.16. The van der Waals surface area contributed by atoms with Crippen LogP contribution in [0.25, 0.3) is 11.1 Å². The Morgan fingerprint density at radius 1 is 0.500 bits per heavy atom. The molecule has 5 rings (SSSR count). The zero-order valence-electron chi connectivity index (χ0n) is 18.8. The number of aryl methyl sites for hydroxylation is 1. The minimum atomic E-state index is -0.318. The summed E-state index contributed by atoms with van der Waals surface area (Å²) in [5.41, 5.74) is 8.29. The van der Waals surface area contributed by atoms with E-state index in [9.17, 15) is 9.59 Å². The molecule has 3 nitrogen and oxygen atoms in total. The topological polar surface area (TPSA) is 37.4 Å². The van der Waals surface area contributed by atoms with Crippen LogP contribution in [0.3, 0.4) is 0 Å². The van der Waals surface area contributed by atoms with Gasteiger partial charge in [0.25, 0.3) is 11.8 Å². The zero-order chi connectivity index (χ0) is 23.5. The van der Waals surface area contributed by atoms with Crippen molar-refractivity contribution in [2.75, 3.05) is 4.90 Å². The first-order chi connectivity index (χ1) is 16.6. The van der Waals surface area contributed by atoms with Crippen molar-refractivity contribution < 1.29 is 9.59 Å². The molecule has 4 aromatic rings. The smallest absolute Gasteiger partial charge is 0.258 e. The molecule has 1 heterocycles. The minimum absolute atomic E-state index is 0.318. The minimum Gasteiger partial charge on any atom is -0.269 e. The first-order valence-corrected chi connectivity index (χ1v) is 11.2. The molecule has 0 unspecified atom stereocenters. The molecule has 34 heavy (non-hydrogen) atoms. The van der Waals surface area contributed by atoms with Crippen molar-refractivity contribution in [3.8, 4) is 0 Å². The number of amides is 2. The maximum absolute atomic E-state index is 12.1. The summed E-state index contributed by atoms with van der Waals surface area (Å²) in [4.78, 5) is 25.5. The molecule has 164 valence electrons. The molecule has 0 saturated heterocycles. The quantitative estimate of drug-likeness (QED) is 0.264. The fourth-order valence-electron chi connectivity index (χ4n) is 4.27. The zero-order valence-corrected chi connectivity index (χ0v) is 18.8. The van der Waals surface area contributed by atoms with Gasteiger partial charge in [0, 0.05) is 12.2 Å². The van der Waals surface area contributed by atoms with Crippen LogP contribution >= 0.6 is 0 Å². The molecule has 0 bridgehead atoms. The van der Waals surface area contributed by atoms with E-state index in [-0.39, 0.29) is 11.8 Å². The highest BCUT2D eigenvalue weighted by molar-refractivity contribution is 6.28. The van der Waals surface area contributed by atoms with Crippen LogP contribution in [-0.2, 0) is 9.59 Å². The molecule has 0 aromatic heterocycles. The summed E-state index contributed by atoms with van der Waals surface area (Å²) < 4.78 is 0. The Morgan fingerprint density at radius 2 is 0.882 bits per heavy atom. The summed E-state index contributed by atoms with van der Waals surface area (Å²) in [7, 11) is 0. The van der Waals surface area contributed by atoms with E-state index in [2.05, 4.69) is 55.5 Å². The molecule has 0 fully saturated rings. The molecule has 0 saturated carbocycles. The molecule has 3 heteroatoms. The van der Waals surface area contributed by atoms with Gasteiger partial charge in [0.1, 0.15) is 0 Å².